The number of thiophene rings is 1. The van der Waals surface area contributed by atoms with E-state index in [9.17, 15) is 0 Å². The van der Waals surface area contributed by atoms with Crippen LogP contribution < -0.4 is 0 Å². The average molecular weight is 284 g/mol. The summed E-state index contributed by atoms with van der Waals surface area (Å²) in [5.74, 6) is 1.32. The van der Waals surface area contributed by atoms with E-state index in [0.29, 0.717) is 38.3 Å². The Bertz CT molecular complexity index is 468. The minimum absolute atomic E-state index is 0.378. The van der Waals surface area contributed by atoms with Crippen LogP contribution in [0.25, 0.3) is 11.5 Å². The highest BCUT2D eigenvalue weighted by Gasteiger charge is 2.14. The molecular formula is C8H5Cl3N2OS. The summed E-state index contributed by atoms with van der Waals surface area (Å²) in [7, 11) is 0. The van der Waals surface area contributed by atoms with Crippen molar-refractivity contribution >= 4 is 46.1 Å². The van der Waals surface area contributed by atoms with Gasteiger partial charge in [0.1, 0.15) is 4.34 Å². The fourth-order valence-electron chi connectivity index (χ4n) is 1.03. The zero-order valence-corrected chi connectivity index (χ0v) is 10.4. The first-order valence-electron chi connectivity index (χ1n) is 4.04. The highest BCUT2D eigenvalue weighted by molar-refractivity contribution is 7.20. The minimum Gasteiger partial charge on any atom is -0.421 e. The molecule has 2 aromatic rings. The zero-order chi connectivity index (χ0) is 10.8. The number of rotatable bonds is 3. The smallest absolute Gasteiger partial charge is 0.250 e. The molecule has 80 valence electrons. The molecule has 0 atom stereocenters. The van der Waals surface area contributed by atoms with Gasteiger partial charge in [0.15, 0.2) is 0 Å². The number of aromatic nitrogens is 2. The lowest BCUT2D eigenvalue weighted by atomic mass is 10.3. The van der Waals surface area contributed by atoms with Crippen LogP contribution in [-0.2, 0) is 6.42 Å². The fourth-order valence-corrected chi connectivity index (χ4v) is 2.64. The largest absolute Gasteiger partial charge is 0.421 e. The van der Waals surface area contributed by atoms with E-state index in [2.05, 4.69) is 10.2 Å². The maximum Gasteiger partial charge on any atom is 0.250 e. The van der Waals surface area contributed by atoms with E-state index in [1.807, 2.05) is 0 Å². The summed E-state index contributed by atoms with van der Waals surface area (Å²) in [6, 6.07) is 1.70. The molecule has 0 saturated heterocycles. The second-order valence-electron chi connectivity index (χ2n) is 2.68. The Hall–Kier alpha value is -0.290. The Kier molecular flexibility index (Phi) is 3.51. The third-order valence-corrected chi connectivity index (χ3v) is 3.34. The summed E-state index contributed by atoms with van der Waals surface area (Å²) in [5.41, 5.74) is 0.667. The van der Waals surface area contributed by atoms with Crippen molar-refractivity contribution < 1.29 is 4.42 Å². The Morgan fingerprint density at radius 3 is 2.73 bits per heavy atom. The molecule has 0 amide bonds. The van der Waals surface area contributed by atoms with Gasteiger partial charge in [0.05, 0.1) is 9.90 Å². The van der Waals surface area contributed by atoms with Crippen LogP contribution >= 0.6 is 46.1 Å². The van der Waals surface area contributed by atoms with Crippen LogP contribution in [0, 0.1) is 0 Å². The second kappa shape index (κ2) is 4.70. The highest BCUT2D eigenvalue weighted by Crippen LogP contribution is 2.37. The predicted octanol–water partition coefficient (Wildman–Crippen LogP) is 3.89. The first kappa shape index (κ1) is 11.2. The number of halogens is 3. The van der Waals surface area contributed by atoms with Gasteiger partial charge in [0, 0.05) is 12.3 Å². The van der Waals surface area contributed by atoms with Gasteiger partial charge in [0.25, 0.3) is 0 Å². The van der Waals surface area contributed by atoms with Gasteiger partial charge in [-0.2, -0.15) is 0 Å². The van der Waals surface area contributed by atoms with Crippen LogP contribution in [0.1, 0.15) is 5.89 Å². The third-order valence-electron chi connectivity index (χ3n) is 1.66. The van der Waals surface area contributed by atoms with E-state index in [-0.39, 0.29) is 0 Å². The summed E-state index contributed by atoms with van der Waals surface area (Å²) in [5, 5.41) is 7.70. The summed E-state index contributed by atoms with van der Waals surface area (Å²) < 4.78 is 6.49. The van der Waals surface area contributed by atoms with Crippen molar-refractivity contribution in [3.05, 3.63) is 20.6 Å². The van der Waals surface area contributed by atoms with Gasteiger partial charge in [-0.25, -0.2) is 0 Å². The van der Waals surface area contributed by atoms with E-state index in [1.54, 1.807) is 6.07 Å². The summed E-state index contributed by atoms with van der Waals surface area (Å²) >= 11 is 18.6. The maximum atomic E-state index is 5.95. The van der Waals surface area contributed by atoms with Crippen molar-refractivity contribution in [1.29, 1.82) is 0 Å². The van der Waals surface area contributed by atoms with Crippen molar-refractivity contribution in [2.24, 2.45) is 0 Å². The van der Waals surface area contributed by atoms with Gasteiger partial charge in [0.2, 0.25) is 11.8 Å². The number of nitrogens with zero attached hydrogens (tertiary/aromatic N) is 2. The Balaban J connectivity index is 2.32. The van der Waals surface area contributed by atoms with Crippen molar-refractivity contribution in [2.75, 3.05) is 5.88 Å². The molecule has 15 heavy (non-hydrogen) atoms. The first-order valence-corrected chi connectivity index (χ1v) is 6.15. The first-order chi connectivity index (χ1) is 7.20. The van der Waals surface area contributed by atoms with Gasteiger partial charge in [-0.1, -0.05) is 23.2 Å². The molecule has 0 aliphatic heterocycles. The van der Waals surface area contributed by atoms with Gasteiger partial charge < -0.3 is 4.42 Å². The monoisotopic (exact) mass is 282 g/mol. The fraction of sp³-hybridized carbons (Fsp3) is 0.250. The van der Waals surface area contributed by atoms with Crippen LogP contribution in [0.2, 0.25) is 8.67 Å². The Morgan fingerprint density at radius 2 is 2.13 bits per heavy atom. The molecule has 0 N–H and O–H groups in total. The van der Waals surface area contributed by atoms with Crippen LogP contribution in [0.3, 0.4) is 0 Å². The highest BCUT2D eigenvalue weighted by atomic mass is 35.5. The van der Waals surface area contributed by atoms with Crippen molar-refractivity contribution in [2.45, 2.75) is 6.42 Å². The topological polar surface area (TPSA) is 38.9 Å². The van der Waals surface area contributed by atoms with E-state index in [4.69, 9.17) is 39.2 Å². The molecule has 0 saturated carbocycles. The van der Waals surface area contributed by atoms with Crippen LogP contribution in [0.5, 0.6) is 0 Å². The second-order valence-corrected chi connectivity index (χ2v) is 5.34. The van der Waals surface area contributed by atoms with E-state index < -0.39 is 0 Å². The molecule has 0 bridgehead atoms. The molecular weight excluding hydrogens is 279 g/mol. The zero-order valence-electron chi connectivity index (χ0n) is 7.34. The summed E-state index contributed by atoms with van der Waals surface area (Å²) in [6.45, 7) is 0. The molecule has 7 heteroatoms. The third kappa shape index (κ3) is 2.45. The summed E-state index contributed by atoms with van der Waals surface area (Å²) in [6.07, 6.45) is 0.546. The predicted molar refractivity (Wildman–Crippen MR) is 62.1 cm³/mol. The molecule has 0 aliphatic carbocycles. The van der Waals surface area contributed by atoms with E-state index in [0.717, 1.165) is 0 Å². The molecule has 2 heterocycles. The molecule has 0 fully saturated rings. The molecule has 0 aromatic carbocycles. The number of hydrogen-bond acceptors (Lipinski definition) is 4. The lowest BCUT2D eigenvalue weighted by Gasteiger charge is -1.88. The summed E-state index contributed by atoms with van der Waals surface area (Å²) in [4.78, 5) is 0. The number of aryl methyl sites for hydroxylation is 1. The molecule has 2 rings (SSSR count). The lowest BCUT2D eigenvalue weighted by Crippen LogP contribution is -1.84. The van der Waals surface area contributed by atoms with Crippen LogP contribution in [0.4, 0.5) is 0 Å². The van der Waals surface area contributed by atoms with Crippen molar-refractivity contribution in [1.82, 2.24) is 10.2 Å². The molecule has 0 aliphatic rings. The quantitative estimate of drug-likeness (QED) is 0.802. The Morgan fingerprint density at radius 1 is 1.33 bits per heavy atom. The van der Waals surface area contributed by atoms with Crippen molar-refractivity contribution in [3.63, 3.8) is 0 Å². The SMILES string of the molecule is ClCCc1nnc(-c2cc(Cl)sc2Cl)o1. The van der Waals surface area contributed by atoms with Gasteiger partial charge in [-0.3, -0.25) is 0 Å². The molecule has 2 aromatic heterocycles. The van der Waals surface area contributed by atoms with Crippen LogP contribution in [0.15, 0.2) is 10.5 Å². The molecule has 0 unspecified atom stereocenters. The van der Waals surface area contributed by atoms with Gasteiger partial charge in [-0.15, -0.1) is 33.1 Å². The van der Waals surface area contributed by atoms with Crippen molar-refractivity contribution in [3.8, 4) is 11.5 Å². The van der Waals surface area contributed by atoms with Gasteiger partial charge in [-0.05, 0) is 6.07 Å². The molecule has 0 radical (unpaired) electrons. The normalized spacial score (nSPS) is 10.9. The van der Waals surface area contributed by atoms with E-state index in [1.165, 1.54) is 11.3 Å². The van der Waals surface area contributed by atoms with E-state index >= 15 is 0 Å². The lowest BCUT2D eigenvalue weighted by molar-refractivity contribution is 0.514. The maximum absolute atomic E-state index is 5.95. The van der Waals surface area contributed by atoms with Gasteiger partial charge >= 0.3 is 0 Å². The number of hydrogen-bond donors (Lipinski definition) is 0. The number of alkyl halides is 1. The molecule has 0 spiro atoms. The average Bonchev–Trinajstić information content (AvgIpc) is 2.73. The Labute approximate surface area is 105 Å². The minimum atomic E-state index is 0.378. The molecule has 3 nitrogen and oxygen atoms in total. The standard InChI is InChI=1S/C8H5Cl3N2OS/c9-2-1-6-12-13-8(14-6)4-3-5(10)15-7(4)11/h3H,1-2H2. The van der Waals surface area contributed by atoms with Crippen LogP contribution in [-0.4, -0.2) is 16.1 Å².